The highest BCUT2D eigenvalue weighted by molar-refractivity contribution is 9.10. The van der Waals surface area contributed by atoms with Crippen LogP contribution in [0, 0.1) is 0 Å². The number of hydrogen-bond acceptors (Lipinski definition) is 3. The summed E-state index contributed by atoms with van der Waals surface area (Å²) in [6, 6.07) is 3.44. The van der Waals surface area contributed by atoms with Gasteiger partial charge in [-0.3, -0.25) is 0 Å². The van der Waals surface area contributed by atoms with Crippen molar-refractivity contribution in [2.45, 2.75) is 31.3 Å². The maximum Gasteiger partial charge on any atom is 0.160 e. The third kappa shape index (κ3) is 2.50. The Balaban J connectivity index is 2.13. The molecule has 2 N–H and O–H groups in total. The molecule has 1 fully saturated rings. The summed E-state index contributed by atoms with van der Waals surface area (Å²) in [5, 5.41) is 19.3. The quantitative estimate of drug-likeness (QED) is 0.895. The number of phenolic OH excluding ortho intramolecular Hbond substituents is 1. The van der Waals surface area contributed by atoms with E-state index in [-0.39, 0.29) is 5.75 Å². The van der Waals surface area contributed by atoms with Crippen molar-refractivity contribution >= 4 is 15.9 Å². The molecule has 0 heterocycles. The van der Waals surface area contributed by atoms with E-state index in [1.165, 1.54) is 7.11 Å². The third-order valence-electron chi connectivity index (χ3n) is 3.03. The zero-order chi connectivity index (χ0) is 11.8. The fourth-order valence-electron chi connectivity index (χ4n) is 1.70. The molecule has 0 spiro atoms. The van der Waals surface area contributed by atoms with Gasteiger partial charge in [-0.25, -0.2) is 0 Å². The highest BCUT2D eigenvalue weighted by atomic mass is 79.9. The van der Waals surface area contributed by atoms with Crippen LogP contribution in [0.15, 0.2) is 16.6 Å². The van der Waals surface area contributed by atoms with Gasteiger partial charge in [-0.05, 0) is 43.4 Å². The van der Waals surface area contributed by atoms with Crippen LogP contribution in [0.1, 0.15) is 24.8 Å². The topological polar surface area (TPSA) is 49.7 Å². The van der Waals surface area contributed by atoms with Gasteiger partial charge in [0, 0.05) is 4.47 Å². The lowest BCUT2D eigenvalue weighted by Crippen LogP contribution is -2.08. The Bertz CT molecular complexity index is 399. The summed E-state index contributed by atoms with van der Waals surface area (Å²) in [4.78, 5) is 0. The molecular weight excluding hydrogens is 272 g/mol. The number of hydrogen-bond donors (Lipinski definition) is 2. The lowest BCUT2D eigenvalue weighted by Gasteiger charge is -2.11. The van der Waals surface area contributed by atoms with Crippen molar-refractivity contribution in [3.8, 4) is 11.5 Å². The van der Waals surface area contributed by atoms with Gasteiger partial charge in [-0.15, -0.1) is 0 Å². The first kappa shape index (κ1) is 11.7. The van der Waals surface area contributed by atoms with Crippen molar-refractivity contribution in [1.29, 1.82) is 0 Å². The number of methoxy groups -OCH3 is 1. The lowest BCUT2D eigenvalue weighted by molar-refractivity contribution is 0.140. The lowest BCUT2D eigenvalue weighted by atomic mass is 10.1. The molecule has 1 aromatic rings. The summed E-state index contributed by atoms with van der Waals surface area (Å²) in [7, 11) is 1.53. The number of ether oxygens (including phenoxy) is 1. The van der Waals surface area contributed by atoms with Crippen LogP contribution in [-0.4, -0.2) is 22.9 Å². The highest BCUT2D eigenvalue weighted by Gasteiger charge is 2.39. The molecule has 0 saturated heterocycles. The van der Waals surface area contributed by atoms with Crippen molar-refractivity contribution < 1.29 is 14.9 Å². The van der Waals surface area contributed by atoms with Gasteiger partial charge >= 0.3 is 0 Å². The molecular formula is C12H15BrO3. The average molecular weight is 287 g/mol. The summed E-state index contributed by atoms with van der Waals surface area (Å²) < 4.78 is 5.91. The monoisotopic (exact) mass is 286 g/mol. The second kappa shape index (κ2) is 4.26. The number of phenols is 1. The van der Waals surface area contributed by atoms with Crippen LogP contribution in [0.5, 0.6) is 11.5 Å². The van der Waals surface area contributed by atoms with E-state index in [0.717, 1.165) is 35.7 Å². The summed E-state index contributed by atoms with van der Waals surface area (Å²) >= 11 is 3.40. The first-order chi connectivity index (χ1) is 7.54. The minimum absolute atomic E-state index is 0.128. The predicted molar refractivity (Wildman–Crippen MR) is 64.9 cm³/mol. The Hall–Kier alpha value is -0.740. The smallest absolute Gasteiger partial charge is 0.160 e. The summed E-state index contributed by atoms with van der Waals surface area (Å²) in [6.07, 6.45) is 3.35. The molecule has 0 atom stereocenters. The predicted octanol–water partition coefficient (Wildman–Crippen LogP) is 2.62. The van der Waals surface area contributed by atoms with Crippen molar-refractivity contribution in [3.05, 3.63) is 22.2 Å². The second-order valence-electron chi connectivity index (χ2n) is 4.34. The largest absolute Gasteiger partial charge is 0.504 e. The van der Waals surface area contributed by atoms with E-state index in [1.54, 1.807) is 6.07 Å². The van der Waals surface area contributed by atoms with Crippen molar-refractivity contribution in [3.63, 3.8) is 0 Å². The number of rotatable bonds is 4. The summed E-state index contributed by atoms with van der Waals surface area (Å²) in [6.45, 7) is 0. The molecule has 0 radical (unpaired) electrons. The average Bonchev–Trinajstić information content (AvgIpc) is 2.96. The van der Waals surface area contributed by atoms with E-state index in [4.69, 9.17) is 4.74 Å². The van der Waals surface area contributed by atoms with E-state index < -0.39 is 5.60 Å². The Morgan fingerprint density at radius 3 is 2.69 bits per heavy atom. The summed E-state index contributed by atoms with van der Waals surface area (Å²) in [5.74, 6) is 0.601. The first-order valence-corrected chi connectivity index (χ1v) is 6.11. The SMILES string of the molecule is COc1cc(CCC2(O)CC2)c(Br)cc1O. The van der Waals surface area contributed by atoms with E-state index in [2.05, 4.69) is 15.9 Å². The minimum atomic E-state index is -0.440. The molecule has 1 aromatic carbocycles. The Morgan fingerprint density at radius 2 is 2.12 bits per heavy atom. The van der Waals surface area contributed by atoms with Gasteiger partial charge in [0.1, 0.15) is 0 Å². The number of aliphatic hydroxyl groups is 1. The molecule has 0 aromatic heterocycles. The van der Waals surface area contributed by atoms with E-state index in [0.29, 0.717) is 5.75 Å². The Kier molecular flexibility index (Phi) is 3.13. The minimum Gasteiger partial charge on any atom is -0.504 e. The van der Waals surface area contributed by atoms with E-state index in [1.807, 2.05) is 6.07 Å². The van der Waals surface area contributed by atoms with Crippen molar-refractivity contribution in [2.75, 3.05) is 7.11 Å². The standard InChI is InChI=1S/C12H15BrO3/c1-16-11-6-8(9(13)7-10(11)14)2-3-12(15)4-5-12/h6-7,14-15H,2-5H2,1H3. The van der Waals surface area contributed by atoms with Crippen molar-refractivity contribution in [1.82, 2.24) is 0 Å². The first-order valence-electron chi connectivity index (χ1n) is 5.32. The number of aryl methyl sites for hydroxylation is 1. The van der Waals surface area contributed by atoms with Gasteiger partial charge in [-0.1, -0.05) is 15.9 Å². The highest BCUT2D eigenvalue weighted by Crippen LogP contribution is 2.40. The molecule has 2 rings (SSSR count). The molecule has 0 amide bonds. The maximum atomic E-state index is 9.77. The van der Waals surface area contributed by atoms with Crippen LogP contribution in [0.4, 0.5) is 0 Å². The zero-order valence-corrected chi connectivity index (χ0v) is 10.7. The number of halogens is 1. The molecule has 88 valence electrons. The second-order valence-corrected chi connectivity index (χ2v) is 5.19. The maximum absolute atomic E-state index is 9.77. The van der Waals surface area contributed by atoms with Crippen LogP contribution < -0.4 is 4.74 Å². The molecule has 0 aliphatic heterocycles. The molecule has 1 aliphatic carbocycles. The van der Waals surface area contributed by atoms with E-state index >= 15 is 0 Å². The third-order valence-corrected chi connectivity index (χ3v) is 3.77. The fourth-order valence-corrected chi connectivity index (χ4v) is 2.23. The van der Waals surface area contributed by atoms with Gasteiger partial charge in [0.05, 0.1) is 12.7 Å². The van der Waals surface area contributed by atoms with E-state index in [9.17, 15) is 10.2 Å². The zero-order valence-electron chi connectivity index (χ0n) is 9.16. The van der Waals surface area contributed by atoms with Gasteiger partial charge in [-0.2, -0.15) is 0 Å². The fraction of sp³-hybridized carbons (Fsp3) is 0.500. The van der Waals surface area contributed by atoms with Gasteiger partial charge in [0.25, 0.3) is 0 Å². The van der Waals surface area contributed by atoms with Crippen LogP contribution in [-0.2, 0) is 6.42 Å². The molecule has 0 unspecified atom stereocenters. The van der Waals surface area contributed by atoms with Gasteiger partial charge in [0.15, 0.2) is 11.5 Å². The molecule has 1 saturated carbocycles. The summed E-state index contributed by atoms with van der Waals surface area (Å²) in [5.41, 5.74) is 0.611. The molecule has 0 bridgehead atoms. The molecule has 1 aliphatic rings. The van der Waals surface area contributed by atoms with Crippen LogP contribution in [0.2, 0.25) is 0 Å². The Morgan fingerprint density at radius 1 is 1.44 bits per heavy atom. The van der Waals surface area contributed by atoms with Crippen LogP contribution in [0.3, 0.4) is 0 Å². The molecule has 16 heavy (non-hydrogen) atoms. The molecule has 3 nitrogen and oxygen atoms in total. The van der Waals surface area contributed by atoms with Gasteiger partial charge in [0.2, 0.25) is 0 Å². The molecule has 4 heteroatoms. The van der Waals surface area contributed by atoms with Gasteiger partial charge < -0.3 is 14.9 Å². The number of benzene rings is 1. The Labute approximate surface area is 103 Å². The van der Waals surface area contributed by atoms with Crippen molar-refractivity contribution in [2.24, 2.45) is 0 Å². The van der Waals surface area contributed by atoms with Crippen LogP contribution in [0.25, 0.3) is 0 Å². The number of aromatic hydroxyl groups is 1. The van der Waals surface area contributed by atoms with Crippen LogP contribution >= 0.6 is 15.9 Å². The normalized spacial score (nSPS) is 17.2.